The summed E-state index contributed by atoms with van der Waals surface area (Å²) < 4.78 is 5.99. The van der Waals surface area contributed by atoms with E-state index in [1.165, 1.54) is 16.7 Å². The first-order chi connectivity index (χ1) is 12.1. The van der Waals surface area contributed by atoms with Gasteiger partial charge in [0.1, 0.15) is 12.4 Å². The van der Waals surface area contributed by atoms with Gasteiger partial charge in [-0.3, -0.25) is 4.79 Å². The minimum absolute atomic E-state index is 0.0464. The molecule has 0 fully saturated rings. The Morgan fingerprint density at radius 1 is 1.16 bits per heavy atom. The largest absolute Gasteiger partial charge is 0.489 e. The molecular weight excluding hydrogens is 308 g/mol. The zero-order valence-corrected chi connectivity index (χ0v) is 14.9. The maximum absolute atomic E-state index is 12.2. The van der Waals surface area contributed by atoms with Crippen molar-refractivity contribution in [2.24, 2.45) is 11.3 Å². The van der Waals surface area contributed by atoms with E-state index in [0.717, 1.165) is 18.6 Å². The normalized spacial score (nSPS) is 27.5. The third-order valence-electron chi connectivity index (χ3n) is 5.92. The van der Waals surface area contributed by atoms with Crippen LogP contribution in [-0.4, -0.2) is 5.78 Å². The van der Waals surface area contributed by atoms with Gasteiger partial charge in [-0.1, -0.05) is 56.3 Å². The molecule has 1 unspecified atom stereocenters. The average molecular weight is 332 g/mol. The van der Waals surface area contributed by atoms with Crippen molar-refractivity contribution in [3.05, 3.63) is 77.4 Å². The van der Waals surface area contributed by atoms with E-state index in [-0.39, 0.29) is 23.0 Å². The quantitative estimate of drug-likeness (QED) is 0.784. The molecule has 0 bridgehead atoms. The number of ether oxygens (including phenoxy) is 1. The van der Waals surface area contributed by atoms with Crippen LogP contribution in [0.15, 0.2) is 60.7 Å². The van der Waals surface area contributed by atoms with E-state index < -0.39 is 0 Å². The number of aryl methyl sites for hydroxylation is 1. The summed E-state index contributed by atoms with van der Waals surface area (Å²) in [6.07, 6.45) is 6.06. The van der Waals surface area contributed by atoms with Crippen LogP contribution in [0.25, 0.3) is 0 Å². The predicted octanol–water partition coefficient (Wildman–Crippen LogP) is 5.08. The lowest BCUT2D eigenvalue weighted by Gasteiger charge is -2.45. The highest BCUT2D eigenvalue weighted by Gasteiger charge is 2.44. The molecule has 0 heterocycles. The molecule has 25 heavy (non-hydrogen) atoms. The van der Waals surface area contributed by atoms with Crippen LogP contribution in [0.1, 0.15) is 42.9 Å². The number of benzene rings is 2. The standard InChI is InChI=1S/C23H24O2/c1-16-21(24)11-13-23(2)12-10-18-14-19(8-9-20(18)22(16)23)25-15-17-6-4-3-5-7-17/h3-9,11,13-14,16,22H,10,12,15H2,1-2H3/t16?,22-,23+/m1/s1. The number of ketones is 1. The van der Waals surface area contributed by atoms with Gasteiger partial charge in [-0.25, -0.2) is 0 Å². The highest BCUT2D eigenvalue weighted by molar-refractivity contribution is 5.93. The van der Waals surface area contributed by atoms with Gasteiger partial charge in [-0.2, -0.15) is 0 Å². The highest BCUT2D eigenvalue weighted by Crippen LogP contribution is 2.52. The Labute approximate surface area is 149 Å². The predicted molar refractivity (Wildman–Crippen MR) is 99.7 cm³/mol. The molecule has 128 valence electrons. The average Bonchev–Trinajstić information content (AvgIpc) is 2.64. The van der Waals surface area contributed by atoms with Crippen LogP contribution in [0.3, 0.4) is 0 Å². The molecule has 4 rings (SSSR count). The van der Waals surface area contributed by atoms with Crippen molar-refractivity contribution < 1.29 is 9.53 Å². The van der Waals surface area contributed by atoms with Gasteiger partial charge in [-0.05, 0) is 53.2 Å². The molecule has 2 aromatic rings. The fourth-order valence-electron chi connectivity index (χ4n) is 4.46. The smallest absolute Gasteiger partial charge is 0.158 e. The molecule has 2 nitrogen and oxygen atoms in total. The second-order valence-electron chi connectivity index (χ2n) is 7.64. The number of fused-ring (bicyclic) bond motifs is 3. The lowest BCUT2D eigenvalue weighted by atomic mass is 9.58. The topological polar surface area (TPSA) is 26.3 Å². The number of carbonyl (C=O) groups excluding carboxylic acids is 1. The van der Waals surface area contributed by atoms with E-state index in [0.29, 0.717) is 6.61 Å². The number of hydrogen-bond acceptors (Lipinski definition) is 2. The Bertz CT molecular complexity index is 821. The van der Waals surface area contributed by atoms with Gasteiger partial charge in [-0.15, -0.1) is 0 Å². The highest BCUT2D eigenvalue weighted by atomic mass is 16.5. The zero-order valence-electron chi connectivity index (χ0n) is 14.9. The fraction of sp³-hybridized carbons (Fsp3) is 0.348. The summed E-state index contributed by atoms with van der Waals surface area (Å²) in [6, 6.07) is 16.6. The number of allylic oxidation sites excluding steroid dienone is 2. The molecular formula is C23H24O2. The Kier molecular flexibility index (Phi) is 3.99. The molecule has 2 aliphatic rings. The molecule has 2 heteroatoms. The van der Waals surface area contributed by atoms with Crippen LogP contribution in [0.4, 0.5) is 0 Å². The molecule has 2 aliphatic carbocycles. The van der Waals surface area contributed by atoms with Crippen LogP contribution < -0.4 is 4.74 Å². The maximum atomic E-state index is 12.2. The SMILES string of the molecule is CC1C(=O)C=C[C@]2(C)CCc3cc(OCc4ccccc4)ccc3[C@@H]12. The van der Waals surface area contributed by atoms with Gasteiger partial charge >= 0.3 is 0 Å². The number of rotatable bonds is 3. The molecule has 0 aliphatic heterocycles. The summed E-state index contributed by atoms with van der Waals surface area (Å²) in [6.45, 7) is 4.95. The summed E-state index contributed by atoms with van der Waals surface area (Å²) in [5.41, 5.74) is 3.92. The maximum Gasteiger partial charge on any atom is 0.158 e. The minimum Gasteiger partial charge on any atom is -0.489 e. The van der Waals surface area contributed by atoms with Gasteiger partial charge in [0.05, 0.1) is 0 Å². The molecule has 0 spiro atoms. The van der Waals surface area contributed by atoms with Crippen molar-refractivity contribution >= 4 is 5.78 Å². The van der Waals surface area contributed by atoms with Crippen LogP contribution in [0.5, 0.6) is 5.75 Å². The lowest BCUT2D eigenvalue weighted by molar-refractivity contribution is -0.120. The van der Waals surface area contributed by atoms with Crippen LogP contribution >= 0.6 is 0 Å². The van der Waals surface area contributed by atoms with Crippen molar-refractivity contribution in [1.29, 1.82) is 0 Å². The van der Waals surface area contributed by atoms with Gasteiger partial charge in [0.2, 0.25) is 0 Å². The van der Waals surface area contributed by atoms with E-state index in [1.807, 2.05) is 18.2 Å². The van der Waals surface area contributed by atoms with Crippen LogP contribution in [0, 0.1) is 11.3 Å². The van der Waals surface area contributed by atoms with Gasteiger partial charge < -0.3 is 4.74 Å². The second kappa shape index (κ2) is 6.18. The molecule has 0 aromatic heterocycles. The van der Waals surface area contributed by atoms with E-state index in [2.05, 4.69) is 50.3 Å². The Hall–Kier alpha value is -2.35. The van der Waals surface area contributed by atoms with Gasteiger partial charge in [0.25, 0.3) is 0 Å². The number of carbonyl (C=O) groups is 1. The summed E-state index contributed by atoms with van der Waals surface area (Å²) in [4.78, 5) is 12.2. The molecule has 0 radical (unpaired) electrons. The first-order valence-corrected chi connectivity index (χ1v) is 9.09. The lowest BCUT2D eigenvalue weighted by Crippen LogP contribution is -2.39. The summed E-state index contributed by atoms with van der Waals surface area (Å²) in [5, 5.41) is 0. The van der Waals surface area contributed by atoms with Gasteiger partial charge in [0, 0.05) is 11.8 Å². The Balaban J connectivity index is 1.60. The number of hydrogen-bond donors (Lipinski definition) is 0. The van der Waals surface area contributed by atoms with Crippen LogP contribution in [0.2, 0.25) is 0 Å². The first-order valence-electron chi connectivity index (χ1n) is 9.09. The zero-order chi connectivity index (χ0) is 17.4. The second-order valence-corrected chi connectivity index (χ2v) is 7.64. The van der Waals surface area contributed by atoms with Crippen molar-refractivity contribution in [2.45, 2.75) is 39.2 Å². The summed E-state index contributed by atoms with van der Waals surface area (Å²) in [7, 11) is 0. The van der Waals surface area contributed by atoms with Crippen molar-refractivity contribution in [1.82, 2.24) is 0 Å². The van der Waals surface area contributed by atoms with Crippen molar-refractivity contribution in [3.63, 3.8) is 0 Å². The van der Waals surface area contributed by atoms with Crippen LogP contribution in [-0.2, 0) is 17.8 Å². The minimum atomic E-state index is 0.0464. The molecule has 0 saturated heterocycles. The summed E-state index contributed by atoms with van der Waals surface area (Å²) >= 11 is 0. The first kappa shape index (κ1) is 16.1. The summed E-state index contributed by atoms with van der Waals surface area (Å²) in [5.74, 6) is 1.48. The van der Waals surface area contributed by atoms with E-state index >= 15 is 0 Å². The monoisotopic (exact) mass is 332 g/mol. The molecule has 3 atom stereocenters. The molecule has 0 N–H and O–H groups in total. The van der Waals surface area contributed by atoms with Crippen molar-refractivity contribution in [2.75, 3.05) is 0 Å². The van der Waals surface area contributed by atoms with Gasteiger partial charge in [0.15, 0.2) is 5.78 Å². The van der Waals surface area contributed by atoms with E-state index in [1.54, 1.807) is 6.08 Å². The Morgan fingerprint density at radius 3 is 2.76 bits per heavy atom. The fourth-order valence-corrected chi connectivity index (χ4v) is 4.46. The van der Waals surface area contributed by atoms with Crippen molar-refractivity contribution in [3.8, 4) is 5.75 Å². The van der Waals surface area contributed by atoms with E-state index in [9.17, 15) is 4.79 Å². The molecule has 2 aromatic carbocycles. The molecule has 0 amide bonds. The third-order valence-corrected chi connectivity index (χ3v) is 5.92. The Morgan fingerprint density at radius 2 is 1.96 bits per heavy atom. The molecule has 0 saturated carbocycles. The van der Waals surface area contributed by atoms with E-state index in [4.69, 9.17) is 4.74 Å². The third kappa shape index (κ3) is 2.90.